The van der Waals surface area contributed by atoms with Gasteiger partial charge in [0.05, 0.1) is 17.3 Å². The zero-order valence-electron chi connectivity index (χ0n) is 9.44. The van der Waals surface area contributed by atoms with Crippen LogP contribution in [0.25, 0.3) is 0 Å². The molecule has 0 aliphatic heterocycles. The number of halogens is 1. The molecule has 0 saturated carbocycles. The molecule has 0 fully saturated rings. The molecule has 0 aliphatic carbocycles. The van der Waals surface area contributed by atoms with Crippen molar-refractivity contribution in [2.75, 3.05) is 0 Å². The van der Waals surface area contributed by atoms with E-state index in [1.54, 1.807) is 0 Å². The number of carbonyl (C=O) groups excluding carboxylic acids is 1. The Hall–Kier alpha value is -2.18. The fraction of sp³-hybridized carbons (Fsp3) is 0.300. The number of aromatic nitrogens is 1. The summed E-state index contributed by atoms with van der Waals surface area (Å²) in [6, 6.07) is 1.24. The van der Waals surface area contributed by atoms with Crippen LogP contribution in [0.1, 0.15) is 24.2 Å². The average molecular weight is 240 g/mol. The number of nitrogens with one attached hydrogen (secondary N) is 1. The lowest BCUT2D eigenvalue weighted by molar-refractivity contribution is 0.0926. The number of nitrogens with zero attached hydrogens (tertiary/aromatic N) is 2. The van der Waals surface area contributed by atoms with E-state index in [-0.39, 0.29) is 11.4 Å². The molecule has 0 aliphatic rings. The molecule has 6 nitrogen and oxygen atoms in total. The highest BCUT2D eigenvalue weighted by molar-refractivity contribution is 5.99. The first kappa shape index (κ1) is 12.9. The number of amides is 1. The molecule has 92 valence electrons. The van der Waals surface area contributed by atoms with Gasteiger partial charge in [-0.05, 0) is 19.9 Å². The standard InChI is InChI=1S/C10H13FN4O2/c1-10(2,9(12)15-17)14-8(16)6-3-4-13-5-7(6)11/h3-5,17H,1-2H3,(H2,12,15)(H,14,16). The summed E-state index contributed by atoms with van der Waals surface area (Å²) in [4.78, 5) is 15.3. The maximum absolute atomic E-state index is 13.3. The molecule has 0 bridgehead atoms. The number of amidine groups is 1. The van der Waals surface area contributed by atoms with Crippen LogP contribution in [0.15, 0.2) is 23.6 Å². The minimum atomic E-state index is -1.08. The summed E-state index contributed by atoms with van der Waals surface area (Å²) in [5.41, 5.74) is 4.16. The van der Waals surface area contributed by atoms with Gasteiger partial charge in [-0.15, -0.1) is 0 Å². The van der Waals surface area contributed by atoms with E-state index >= 15 is 0 Å². The van der Waals surface area contributed by atoms with Gasteiger partial charge in [-0.2, -0.15) is 0 Å². The van der Waals surface area contributed by atoms with Gasteiger partial charge >= 0.3 is 0 Å². The smallest absolute Gasteiger partial charge is 0.255 e. The molecule has 0 unspecified atom stereocenters. The summed E-state index contributed by atoms with van der Waals surface area (Å²) in [7, 11) is 0. The Labute approximate surface area is 97.3 Å². The van der Waals surface area contributed by atoms with Crippen LogP contribution in [0.5, 0.6) is 0 Å². The number of carbonyl (C=O) groups is 1. The quantitative estimate of drug-likeness (QED) is 0.309. The van der Waals surface area contributed by atoms with Gasteiger partial charge in [0.2, 0.25) is 0 Å². The predicted octanol–water partition coefficient (Wildman–Crippen LogP) is 0.476. The number of pyridine rings is 1. The first-order valence-corrected chi connectivity index (χ1v) is 4.78. The fourth-order valence-electron chi connectivity index (χ4n) is 1.10. The molecule has 0 saturated heterocycles. The van der Waals surface area contributed by atoms with Gasteiger partial charge < -0.3 is 16.3 Å². The van der Waals surface area contributed by atoms with Crippen LogP contribution in [0, 0.1) is 5.82 Å². The van der Waals surface area contributed by atoms with Crippen molar-refractivity contribution < 1.29 is 14.4 Å². The van der Waals surface area contributed by atoms with E-state index < -0.39 is 17.3 Å². The van der Waals surface area contributed by atoms with Crippen molar-refractivity contribution in [2.24, 2.45) is 10.9 Å². The molecule has 4 N–H and O–H groups in total. The third kappa shape index (κ3) is 2.90. The van der Waals surface area contributed by atoms with Crippen LogP contribution < -0.4 is 11.1 Å². The van der Waals surface area contributed by atoms with Crippen LogP contribution in [-0.4, -0.2) is 27.5 Å². The van der Waals surface area contributed by atoms with Crippen molar-refractivity contribution in [3.63, 3.8) is 0 Å². The van der Waals surface area contributed by atoms with E-state index in [1.807, 2.05) is 0 Å². The second-order valence-corrected chi connectivity index (χ2v) is 3.92. The zero-order chi connectivity index (χ0) is 13.1. The van der Waals surface area contributed by atoms with Crippen molar-refractivity contribution in [3.05, 3.63) is 29.8 Å². The van der Waals surface area contributed by atoms with Crippen molar-refractivity contribution in [1.82, 2.24) is 10.3 Å². The highest BCUT2D eigenvalue weighted by Crippen LogP contribution is 2.08. The number of hydrogen-bond donors (Lipinski definition) is 3. The minimum absolute atomic E-state index is 0.154. The van der Waals surface area contributed by atoms with Gasteiger partial charge in [0.25, 0.3) is 5.91 Å². The van der Waals surface area contributed by atoms with Gasteiger partial charge in [-0.25, -0.2) is 4.39 Å². The lowest BCUT2D eigenvalue weighted by atomic mass is 10.0. The van der Waals surface area contributed by atoms with Gasteiger partial charge in [0.15, 0.2) is 11.7 Å². The lowest BCUT2D eigenvalue weighted by Gasteiger charge is -2.24. The minimum Gasteiger partial charge on any atom is -0.409 e. The molecule has 1 amide bonds. The zero-order valence-corrected chi connectivity index (χ0v) is 9.44. The number of nitrogens with two attached hydrogens (primary N) is 1. The van der Waals surface area contributed by atoms with Crippen LogP contribution in [-0.2, 0) is 0 Å². The first-order valence-electron chi connectivity index (χ1n) is 4.78. The van der Waals surface area contributed by atoms with Crippen molar-refractivity contribution in [2.45, 2.75) is 19.4 Å². The summed E-state index contributed by atoms with van der Waals surface area (Å²) < 4.78 is 13.3. The van der Waals surface area contributed by atoms with Crippen LogP contribution >= 0.6 is 0 Å². The number of oxime groups is 1. The summed E-state index contributed by atoms with van der Waals surface area (Å²) >= 11 is 0. The van der Waals surface area contributed by atoms with E-state index in [2.05, 4.69) is 15.5 Å². The van der Waals surface area contributed by atoms with Crippen LogP contribution in [0.2, 0.25) is 0 Å². The Morgan fingerprint density at radius 1 is 1.65 bits per heavy atom. The Morgan fingerprint density at radius 3 is 2.82 bits per heavy atom. The molecule has 7 heteroatoms. The second kappa shape index (κ2) is 4.77. The Morgan fingerprint density at radius 2 is 2.29 bits per heavy atom. The summed E-state index contributed by atoms with van der Waals surface area (Å²) in [6.45, 7) is 3.05. The normalized spacial score (nSPS) is 12.3. The molecule has 1 aromatic rings. The maximum Gasteiger partial charge on any atom is 0.255 e. The number of hydrogen-bond acceptors (Lipinski definition) is 4. The molecule has 0 spiro atoms. The van der Waals surface area contributed by atoms with Gasteiger partial charge in [0.1, 0.15) is 0 Å². The predicted molar refractivity (Wildman–Crippen MR) is 59.1 cm³/mol. The molecule has 1 heterocycles. The Bertz CT molecular complexity index is 459. The van der Waals surface area contributed by atoms with E-state index in [0.29, 0.717) is 0 Å². The van der Waals surface area contributed by atoms with Crippen LogP contribution in [0.4, 0.5) is 4.39 Å². The third-order valence-corrected chi connectivity index (χ3v) is 2.19. The SMILES string of the molecule is CC(C)(NC(=O)c1ccncc1F)C(N)=NO. The highest BCUT2D eigenvalue weighted by Gasteiger charge is 2.27. The van der Waals surface area contributed by atoms with E-state index in [9.17, 15) is 9.18 Å². The van der Waals surface area contributed by atoms with Crippen molar-refractivity contribution in [3.8, 4) is 0 Å². The Balaban J connectivity index is 2.91. The van der Waals surface area contributed by atoms with E-state index in [1.165, 1.54) is 26.1 Å². The summed E-state index contributed by atoms with van der Waals surface area (Å²) in [5.74, 6) is -1.58. The first-order chi connectivity index (χ1) is 7.88. The second-order valence-electron chi connectivity index (χ2n) is 3.92. The largest absolute Gasteiger partial charge is 0.409 e. The fourth-order valence-corrected chi connectivity index (χ4v) is 1.10. The summed E-state index contributed by atoms with van der Waals surface area (Å²) in [5, 5.41) is 13.8. The van der Waals surface area contributed by atoms with Crippen molar-refractivity contribution in [1.29, 1.82) is 0 Å². The topological polar surface area (TPSA) is 101 Å². The molecule has 0 atom stereocenters. The highest BCUT2D eigenvalue weighted by atomic mass is 19.1. The van der Waals surface area contributed by atoms with E-state index in [4.69, 9.17) is 10.9 Å². The maximum atomic E-state index is 13.3. The van der Waals surface area contributed by atoms with E-state index in [0.717, 1.165) is 6.20 Å². The van der Waals surface area contributed by atoms with Crippen molar-refractivity contribution >= 4 is 11.7 Å². The average Bonchev–Trinajstić information content (AvgIpc) is 2.27. The van der Waals surface area contributed by atoms with Gasteiger partial charge in [-0.3, -0.25) is 9.78 Å². The molecular weight excluding hydrogens is 227 g/mol. The third-order valence-electron chi connectivity index (χ3n) is 2.19. The molecule has 0 aromatic carbocycles. The summed E-state index contributed by atoms with van der Waals surface area (Å²) in [6.07, 6.45) is 2.24. The Kier molecular flexibility index (Phi) is 3.62. The van der Waals surface area contributed by atoms with Gasteiger partial charge in [0, 0.05) is 6.20 Å². The molecule has 0 radical (unpaired) electrons. The van der Waals surface area contributed by atoms with Gasteiger partial charge in [-0.1, -0.05) is 5.16 Å². The molecule has 1 aromatic heterocycles. The number of rotatable bonds is 3. The van der Waals surface area contributed by atoms with Crippen LogP contribution in [0.3, 0.4) is 0 Å². The monoisotopic (exact) mass is 240 g/mol. The molecule has 1 rings (SSSR count). The molecule has 17 heavy (non-hydrogen) atoms. The lowest BCUT2D eigenvalue weighted by Crippen LogP contribution is -2.53. The molecular formula is C10H13FN4O2.